The standard InChI is InChI=1S/C19H17ClN4O3S/c1-27-13-8-6-12(7-9-13)17(25)22-19-24-23-16(28-19)10-11-21-18(26)14-4-2-3-5-15(14)20/h2-9H,10-11H2,1H3,(H,21,26)(H,22,24,25). The largest absolute Gasteiger partial charge is 0.497 e. The molecule has 0 aliphatic heterocycles. The topological polar surface area (TPSA) is 93.2 Å². The van der Waals surface area contributed by atoms with E-state index in [-0.39, 0.29) is 11.8 Å². The highest BCUT2D eigenvalue weighted by molar-refractivity contribution is 7.15. The molecule has 0 unspecified atom stereocenters. The first-order chi connectivity index (χ1) is 13.6. The molecule has 1 aromatic heterocycles. The molecule has 0 spiro atoms. The summed E-state index contributed by atoms with van der Waals surface area (Å²) in [5.74, 6) is 0.147. The lowest BCUT2D eigenvalue weighted by atomic mass is 10.2. The van der Waals surface area contributed by atoms with Gasteiger partial charge in [-0.3, -0.25) is 14.9 Å². The summed E-state index contributed by atoms with van der Waals surface area (Å²) in [5, 5.41) is 15.0. The molecule has 0 aliphatic carbocycles. The van der Waals surface area contributed by atoms with Crippen LogP contribution in [0.4, 0.5) is 5.13 Å². The highest BCUT2D eigenvalue weighted by Crippen LogP contribution is 2.18. The summed E-state index contributed by atoms with van der Waals surface area (Å²) in [4.78, 5) is 24.3. The summed E-state index contributed by atoms with van der Waals surface area (Å²) < 4.78 is 5.07. The minimum atomic E-state index is -0.280. The second kappa shape index (κ2) is 9.29. The molecule has 0 saturated heterocycles. The summed E-state index contributed by atoms with van der Waals surface area (Å²) in [7, 11) is 1.56. The van der Waals surface area contributed by atoms with Crippen LogP contribution in [0, 0.1) is 0 Å². The number of carbonyl (C=O) groups is 2. The van der Waals surface area contributed by atoms with Crippen molar-refractivity contribution in [1.29, 1.82) is 0 Å². The van der Waals surface area contributed by atoms with Crippen molar-refractivity contribution < 1.29 is 14.3 Å². The van der Waals surface area contributed by atoms with E-state index in [0.717, 1.165) is 0 Å². The number of ether oxygens (including phenoxy) is 1. The average Bonchev–Trinajstić information content (AvgIpc) is 3.15. The summed E-state index contributed by atoms with van der Waals surface area (Å²) in [6.45, 7) is 0.380. The predicted molar refractivity (Wildman–Crippen MR) is 108 cm³/mol. The van der Waals surface area contributed by atoms with Crippen LogP contribution in [0.5, 0.6) is 5.75 Å². The minimum Gasteiger partial charge on any atom is -0.497 e. The van der Waals surface area contributed by atoms with Crippen LogP contribution >= 0.6 is 22.9 Å². The second-order valence-corrected chi connectivity index (χ2v) is 7.14. The molecule has 0 aliphatic rings. The molecule has 2 aromatic carbocycles. The number of nitrogens with zero attached hydrogens (tertiary/aromatic N) is 2. The third kappa shape index (κ3) is 5.05. The van der Waals surface area contributed by atoms with Crippen LogP contribution in [0.1, 0.15) is 25.7 Å². The molecule has 0 atom stereocenters. The monoisotopic (exact) mass is 416 g/mol. The van der Waals surface area contributed by atoms with Crippen molar-refractivity contribution in [2.45, 2.75) is 6.42 Å². The van der Waals surface area contributed by atoms with E-state index in [1.807, 2.05) is 0 Å². The third-order valence-electron chi connectivity index (χ3n) is 3.78. The maximum atomic E-state index is 12.2. The Bertz CT molecular complexity index is 975. The lowest BCUT2D eigenvalue weighted by Gasteiger charge is -2.05. The Morgan fingerprint density at radius 2 is 1.82 bits per heavy atom. The average molecular weight is 417 g/mol. The van der Waals surface area contributed by atoms with E-state index >= 15 is 0 Å². The number of amides is 2. The number of hydrogen-bond acceptors (Lipinski definition) is 6. The molecule has 3 aromatic rings. The molecule has 1 heterocycles. The van der Waals surface area contributed by atoms with Gasteiger partial charge in [0.05, 0.1) is 17.7 Å². The fourth-order valence-electron chi connectivity index (χ4n) is 2.34. The van der Waals surface area contributed by atoms with Crippen molar-refractivity contribution >= 4 is 39.9 Å². The predicted octanol–water partition coefficient (Wildman–Crippen LogP) is 3.42. The molecule has 0 saturated carbocycles. The highest BCUT2D eigenvalue weighted by atomic mass is 35.5. The quantitative estimate of drug-likeness (QED) is 0.615. The first-order valence-electron chi connectivity index (χ1n) is 8.37. The van der Waals surface area contributed by atoms with E-state index in [0.29, 0.717) is 45.0 Å². The number of methoxy groups -OCH3 is 1. The molecule has 144 valence electrons. The Kier molecular flexibility index (Phi) is 6.57. The van der Waals surface area contributed by atoms with Crippen molar-refractivity contribution in [3.05, 3.63) is 69.7 Å². The molecule has 0 fully saturated rings. The van der Waals surface area contributed by atoms with E-state index in [2.05, 4.69) is 20.8 Å². The Morgan fingerprint density at radius 3 is 2.54 bits per heavy atom. The van der Waals surface area contributed by atoms with Gasteiger partial charge in [0, 0.05) is 18.5 Å². The summed E-state index contributed by atoms with van der Waals surface area (Å²) in [6, 6.07) is 13.6. The lowest BCUT2D eigenvalue weighted by Crippen LogP contribution is -2.25. The van der Waals surface area contributed by atoms with E-state index < -0.39 is 0 Å². The van der Waals surface area contributed by atoms with Gasteiger partial charge in [0.25, 0.3) is 11.8 Å². The molecule has 9 heteroatoms. The molecule has 28 heavy (non-hydrogen) atoms. The Labute approximate surface area is 170 Å². The van der Waals surface area contributed by atoms with E-state index in [9.17, 15) is 9.59 Å². The van der Waals surface area contributed by atoms with Crippen LogP contribution in [0.2, 0.25) is 5.02 Å². The molecule has 0 bridgehead atoms. The van der Waals surface area contributed by atoms with E-state index in [1.54, 1.807) is 55.6 Å². The molecule has 2 amide bonds. The van der Waals surface area contributed by atoms with Gasteiger partial charge in [0.15, 0.2) is 0 Å². The molecule has 0 radical (unpaired) electrons. The highest BCUT2D eigenvalue weighted by Gasteiger charge is 2.12. The number of nitrogens with one attached hydrogen (secondary N) is 2. The van der Waals surface area contributed by atoms with Crippen LogP contribution in [-0.2, 0) is 6.42 Å². The van der Waals surface area contributed by atoms with Gasteiger partial charge in [-0.15, -0.1) is 10.2 Å². The van der Waals surface area contributed by atoms with Gasteiger partial charge < -0.3 is 10.1 Å². The summed E-state index contributed by atoms with van der Waals surface area (Å²) in [6.07, 6.45) is 0.492. The molecule has 3 rings (SSSR count). The van der Waals surface area contributed by atoms with Gasteiger partial charge in [0.1, 0.15) is 10.8 Å². The first-order valence-corrected chi connectivity index (χ1v) is 9.57. The molecule has 2 N–H and O–H groups in total. The fraction of sp³-hybridized carbons (Fsp3) is 0.158. The Morgan fingerprint density at radius 1 is 1.07 bits per heavy atom. The molecule has 7 nitrogen and oxygen atoms in total. The number of benzene rings is 2. The number of hydrogen-bond donors (Lipinski definition) is 2. The van der Waals surface area contributed by atoms with Gasteiger partial charge in [0.2, 0.25) is 5.13 Å². The van der Waals surface area contributed by atoms with E-state index in [1.165, 1.54) is 11.3 Å². The van der Waals surface area contributed by atoms with Gasteiger partial charge in [-0.25, -0.2) is 0 Å². The Balaban J connectivity index is 1.50. The van der Waals surface area contributed by atoms with Gasteiger partial charge in [-0.05, 0) is 36.4 Å². The normalized spacial score (nSPS) is 10.4. The maximum Gasteiger partial charge on any atom is 0.257 e. The number of aromatic nitrogens is 2. The fourth-order valence-corrected chi connectivity index (χ4v) is 3.30. The zero-order valence-electron chi connectivity index (χ0n) is 14.9. The summed E-state index contributed by atoms with van der Waals surface area (Å²) in [5.41, 5.74) is 0.915. The summed E-state index contributed by atoms with van der Waals surface area (Å²) >= 11 is 7.26. The van der Waals surface area contributed by atoms with Crippen molar-refractivity contribution in [2.75, 3.05) is 19.0 Å². The van der Waals surface area contributed by atoms with Crippen LogP contribution in [0.15, 0.2) is 48.5 Å². The lowest BCUT2D eigenvalue weighted by molar-refractivity contribution is 0.0953. The second-order valence-electron chi connectivity index (χ2n) is 5.67. The van der Waals surface area contributed by atoms with Gasteiger partial charge >= 0.3 is 0 Å². The Hall–Kier alpha value is -2.97. The smallest absolute Gasteiger partial charge is 0.257 e. The van der Waals surface area contributed by atoms with Crippen molar-refractivity contribution in [3.63, 3.8) is 0 Å². The minimum absolute atomic E-state index is 0.247. The van der Waals surface area contributed by atoms with Crippen LogP contribution in [0.25, 0.3) is 0 Å². The third-order valence-corrected chi connectivity index (χ3v) is 5.01. The van der Waals surface area contributed by atoms with Crippen molar-refractivity contribution in [2.24, 2.45) is 0 Å². The SMILES string of the molecule is COc1ccc(C(=O)Nc2nnc(CCNC(=O)c3ccccc3Cl)s2)cc1. The van der Waals surface area contributed by atoms with Crippen LogP contribution in [0.3, 0.4) is 0 Å². The van der Waals surface area contributed by atoms with Gasteiger partial charge in [-0.1, -0.05) is 35.1 Å². The zero-order valence-corrected chi connectivity index (χ0v) is 16.5. The molecular formula is C19H17ClN4O3S. The van der Waals surface area contributed by atoms with Crippen LogP contribution in [-0.4, -0.2) is 35.7 Å². The maximum absolute atomic E-state index is 12.2. The van der Waals surface area contributed by atoms with Gasteiger partial charge in [-0.2, -0.15) is 0 Å². The molecular weight excluding hydrogens is 400 g/mol. The van der Waals surface area contributed by atoms with Crippen LogP contribution < -0.4 is 15.4 Å². The zero-order chi connectivity index (χ0) is 19.9. The number of anilines is 1. The van der Waals surface area contributed by atoms with Crippen molar-refractivity contribution in [3.8, 4) is 5.75 Å². The number of halogens is 1. The number of carbonyl (C=O) groups excluding carboxylic acids is 2. The van der Waals surface area contributed by atoms with E-state index in [4.69, 9.17) is 16.3 Å². The first kappa shape index (κ1) is 19.8. The number of rotatable bonds is 7. The van der Waals surface area contributed by atoms with Crippen molar-refractivity contribution in [1.82, 2.24) is 15.5 Å².